The van der Waals surface area contributed by atoms with Gasteiger partial charge < -0.3 is 10.1 Å². The van der Waals surface area contributed by atoms with E-state index in [1.807, 2.05) is 26.8 Å². The van der Waals surface area contributed by atoms with E-state index < -0.39 is 0 Å². The van der Waals surface area contributed by atoms with E-state index in [0.29, 0.717) is 11.3 Å². The molecule has 0 spiro atoms. The maximum atomic E-state index is 12.0. The zero-order chi connectivity index (χ0) is 13.7. The Morgan fingerprint density at radius 2 is 2.00 bits per heavy atom. The average Bonchev–Trinajstić information content (AvgIpc) is 2.35. The van der Waals surface area contributed by atoms with E-state index in [0.717, 1.165) is 5.56 Å². The SMILES string of the molecule is COc1ccc(C)cc1C(=O)NCC(=O)C(C)C. The predicted molar refractivity (Wildman–Crippen MR) is 69.9 cm³/mol. The van der Waals surface area contributed by atoms with Crippen molar-refractivity contribution < 1.29 is 14.3 Å². The van der Waals surface area contributed by atoms with Gasteiger partial charge in [0.1, 0.15) is 5.75 Å². The number of nitrogens with one attached hydrogen (secondary N) is 1. The van der Waals surface area contributed by atoms with Gasteiger partial charge in [0.15, 0.2) is 5.78 Å². The molecule has 0 aliphatic rings. The number of carbonyl (C=O) groups excluding carboxylic acids is 2. The van der Waals surface area contributed by atoms with Crippen molar-refractivity contribution in [3.8, 4) is 5.75 Å². The zero-order valence-electron chi connectivity index (χ0n) is 11.2. The molecule has 1 aromatic rings. The molecule has 0 saturated carbocycles. The molecule has 1 N–H and O–H groups in total. The average molecular weight is 249 g/mol. The van der Waals surface area contributed by atoms with Crippen LogP contribution in [0.1, 0.15) is 29.8 Å². The number of hydrogen-bond donors (Lipinski definition) is 1. The van der Waals surface area contributed by atoms with Gasteiger partial charge >= 0.3 is 0 Å². The second-order valence-corrected chi connectivity index (χ2v) is 4.51. The molecule has 0 bridgehead atoms. The third-order valence-corrected chi connectivity index (χ3v) is 2.67. The number of rotatable bonds is 5. The first-order chi connectivity index (χ1) is 8.45. The normalized spacial score (nSPS) is 10.3. The lowest BCUT2D eigenvalue weighted by Crippen LogP contribution is -2.31. The van der Waals surface area contributed by atoms with E-state index >= 15 is 0 Å². The molecule has 0 unspecified atom stereocenters. The lowest BCUT2D eigenvalue weighted by molar-refractivity contribution is -0.120. The van der Waals surface area contributed by atoms with Crippen molar-refractivity contribution in [3.05, 3.63) is 29.3 Å². The Kier molecular flexibility index (Phi) is 4.89. The van der Waals surface area contributed by atoms with Gasteiger partial charge in [0.25, 0.3) is 5.91 Å². The smallest absolute Gasteiger partial charge is 0.255 e. The molecule has 0 aliphatic heterocycles. The molecule has 98 valence electrons. The fourth-order valence-electron chi connectivity index (χ4n) is 1.47. The number of hydrogen-bond acceptors (Lipinski definition) is 3. The molecule has 1 aromatic carbocycles. The van der Waals surface area contributed by atoms with Crippen LogP contribution in [0, 0.1) is 12.8 Å². The molecule has 18 heavy (non-hydrogen) atoms. The third-order valence-electron chi connectivity index (χ3n) is 2.67. The Balaban J connectivity index is 2.78. The fourth-order valence-corrected chi connectivity index (χ4v) is 1.47. The first-order valence-electron chi connectivity index (χ1n) is 5.91. The van der Waals surface area contributed by atoms with Gasteiger partial charge in [-0.25, -0.2) is 0 Å². The highest BCUT2D eigenvalue weighted by Gasteiger charge is 2.14. The molecular formula is C14H19NO3. The van der Waals surface area contributed by atoms with Gasteiger partial charge in [-0.3, -0.25) is 9.59 Å². The highest BCUT2D eigenvalue weighted by atomic mass is 16.5. The van der Waals surface area contributed by atoms with Crippen molar-refractivity contribution in [2.45, 2.75) is 20.8 Å². The number of ether oxygens (including phenoxy) is 1. The van der Waals surface area contributed by atoms with Crippen LogP contribution in [0.3, 0.4) is 0 Å². The fraction of sp³-hybridized carbons (Fsp3) is 0.429. The number of carbonyl (C=O) groups is 2. The van der Waals surface area contributed by atoms with Crippen LogP contribution in [-0.2, 0) is 4.79 Å². The van der Waals surface area contributed by atoms with E-state index in [9.17, 15) is 9.59 Å². The lowest BCUT2D eigenvalue weighted by Gasteiger charge is -2.10. The van der Waals surface area contributed by atoms with Gasteiger partial charge in [0, 0.05) is 5.92 Å². The van der Waals surface area contributed by atoms with Crippen molar-refractivity contribution in [2.24, 2.45) is 5.92 Å². The second kappa shape index (κ2) is 6.19. The molecule has 0 aromatic heterocycles. The van der Waals surface area contributed by atoms with Crippen molar-refractivity contribution in [3.63, 3.8) is 0 Å². The zero-order valence-corrected chi connectivity index (χ0v) is 11.2. The van der Waals surface area contributed by atoms with Crippen LogP contribution in [0.4, 0.5) is 0 Å². The Labute approximate surface area is 107 Å². The summed E-state index contributed by atoms with van der Waals surface area (Å²) in [6.45, 7) is 5.56. The van der Waals surface area contributed by atoms with Crippen LogP contribution in [-0.4, -0.2) is 25.3 Å². The standard InChI is InChI=1S/C14H19NO3/c1-9(2)12(16)8-15-14(17)11-7-10(3)5-6-13(11)18-4/h5-7,9H,8H2,1-4H3,(H,15,17). The van der Waals surface area contributed by atoms with Crippen LogP contribution in [0.25, 0.3) is 0 Å². The van der Waals surface area contributed by atoms with Crippen LogP contribution < -0.4 is 10.1 Å². The molecular weight excluding hydrogens is 230 g/mol. The molecule has 0 atom stereocenters. The number of methoxy groups -OCH3 is 1. The van der Waals surface area contributed by atoms with Gasteiger partial charge in [-0.05, 0) is 19.1 Å². The summed E-state index contributed by atoms with van der Waals surface area (Å²) in [6, 6.07) is 5.36. The van der Waals surface area contributed by atoms with Gasteiger partial charge in [-0.2, -0.15) is 0 Å². The molecule has 0 heterocycles. The van der Waals surface area contributed by atoms with Gasteiger partial charge in [-0.1, -0.05) is 25.5 Å². The number of Topliss-reactive ketones (excluding diaryl/α,β-unsaturated/α-hetero) is 1. The summed E-state index contributed by atoms with van der Waals surface area (Å²) in [7, 11) is 1.51. The van der Waals surface area contributed by atoms with E-state index in [1.54, 1.807) is 12.1 Å². The maximum Gasteiger partial charge on any atom is 0.255 e. The van der Waals surface area contributed by atoms with Crippen molar-refractivity contribution in [2.75, 3.05) is 13.7 Å². The van der Waals surface area contributed by atoms with E-state index in [-0.39, 0.29) is 24.2 Å². The number of amides is 1. The van der Waals surface area contributed by atoms with Crippen molar-refractivity contribution in [1.82, 2.24) is 5.32 Å². The van der Waals surface area contributed by atoms with E-state index in [4.69, 9.17) is 4.74 Å². The molecule has 4 nitrogen and oxygen atoms in total. The first kappa shape index (κ1) is 14.2. The Hall–Kier alpha value is -1.84. The highest BCUT2D eigenvalue weighted by molar-refractivity contribution is 5.99. The summed E-state index contributed by atoms with van der Waals surface area (Å²) < 4.78 is 5.13. The number of aryl methyl sites for hydroxylation is 1. The van der Waals surface area contributed by atoms with Gasteiger partial charge in [0.2, 0.25) is 0 Å². The summed E-state index contributed by atoms with van der Waals surface area (Å²) in [4.78, 5) is 23.4. The maximum absolute atomic E-state index is 12.0. The van der Waals surface area contributed by atoms with Gasteiger partial charge in [-0.15, -0.1) is 0 Å². The highest BCUT2D eigenvalue weighted by Crippen LogP contribution is 2.19. The summed E-state index contributed by atoms with van der Waals surface area (Å²) in [5, 5.41) is 2.61. The van der Waals surface area contributed by atoms with Crippen LogP contribution in [0.15, 0.2) is 18.2 Å². The molecule has 0 aliphatic carbocycles. The summed E-state index contributed by atoms with van der Waals surface area (Å²) in [6.07, 6.45) is 0. The Morgan fingerprint density at radius 3 is 2.56 bits per heavy atom. The topological polar surface area (TPSA) is 55.4 Å². The van der Waals surface area contributed by atoms with Gasteiger partial charge in [0.05, 0.1) is 19.2 Å². The molecule has 1 amide bonds. The summed E-state index contributed by atoms with van der Waals surface area (Å²) in [5.74, 6) is 0.152. The molecule has 1 rings (SSSR count). The quantitative estimate of drug-likeness (QED) is 0.867. The minimum Gasteiger partial charge on any atom is -0.496 e. The minimum absolute atomic E-state index is 0.00923. The van der Waals surface area contributed by atoms with Crippen molar-refractivity contribution >= 4 is 11.7 Å². The lowest BCUT2D eigenvalue weighted by atomic mass is 10.1. The largest absolute Gasteiger partial charge is 0.496 e. The van der Waals surface area contributed by atoms with Crippen molar-refractivity contribution in [1.29, 1.82) is 0 Å². The predicted octanol–water partition coefficient (Wildman–Crippen LogP) is 1.96. The Bertz CT molecular complexity index is 452. The monoisotopic (exact) mass is 249 g/mol. The van der Waals surface area contributed by atoms with E-state index in [2.05, 4.69) is 5.32 Å². The minimum atomic E-state index is -0.287. The Morgan fingerprint density at radius 1 is 1.33 bits per heavy atom. The summed E-state index contributed by atoms with van der Waals surface area (Å²) in [5.41, 5.74) is 1.42. The number of ketones is 1. The number of benzene rings is 1. The van der Waals surface area contributed by atoms with Crippen LogP contribution in [0.2, 0.25) is 0 Å². The summed E-state index contributed by atoms with van der Waals surface area (Å²) >= 11 is 0. The first-order valence-corrected chi connectivity index (χ1v) is 5.91. The molecule has 4 heteroatoms. The second-order valence-electron chi connectivity index (χ2n) is 4.51. The van der Waals surface area contributed by atoms with E-state index in [1.165, 1.54) is 7.11 Å². The molecule has 0 radical (unpaired) electrons. The third kappa shape index (κ3) is 3.58. The molecule has 0 saturated heterocycles. The van der Waals surface area contributed by atoms with Crippen LogP contribution >= 0.6 is 0 Å². The van der Waals surface area contributed by atoms with Crippen LogP contribution in [0.5, 0.6) is 5.75 Å². The molecule has 0 fully saturated rings.